The molecular weight excluding hydrogens is 336 g/mol. The fourth-order valence-corrected chi connectivity index (χ4v) is 2.69. The van der Waals surface area contributed by atoms with Crippen LogP contribution in [-0.4, -0.2) is 20.6 Å². The normalized spacial score (nSPS) is 10.7. The Balaban J connectivity index is 2.78. The van der Waals surface area contributed by atoms with Crippen LogP contribution in [0.3, 0.4) is 0 Å². The summed E-state index contributed by atoms with van der Waals surface area (Å²) in [6.07, 6.45) is -0.155. The third-order valence-electron chi connectivity index (χ3n) is 3.47. The average molecular weight is 351 g/mol. The molecule has 0 fully saturated rings. The number of rotatable bonds is 3. The van der Waals surface area contributed by atoms with Gasteiger partial charge in [0.1, 0.15) is 0 Å². The van der Waals surface area contributed by atoms with Crippen molar-refractivity contribution in [3.05, 3.63) is 55.7 Å². The molecule has 1 heterocycles. The zero-order valence-electron chi connectivity index (χ0n) is 12.0. The lowest BCUT2D eigenvalue weighted by molar-refractivity contribution is -0.136. The monoisotopic (exact) mass is 350 g/mol. The van der Waals surface area contributed by atoms with Crippen molar-refractivity contribution in [2.45, 2.75) is 27.2 Å². The van der Waals surface area contributed by atoms with E-state index >= 15 is 0 Å². The minimum atomic E-state index is -0.945. The highest BCUT2D eigenvalue weighted by Gasteiger charge is 2.16. The Morgan fingerprint density at radius 2 is 2.00 bits per heavy atom. The lowest BCUT2D eigenvalue weighted by Gasteiger charge is -2.16. The summed E-state index contributed by atoms with van der Waals surface area (Å²) in [7, 11) is 0. The van der Waals surface area contributed by atoms with Crippen molar-refractivity contribution in [3.8, 4) is 5.69 Å². The highest BCUT2D eigenvalue weighted by atomic mass is 79.9. The highest BCUT2D eigenvalue weighted by molar-refractivity contribution is 9.10. The first-order valence-electron chi connectivity index (χ1n) is 6.39. The van der Waals surface area contributed by atoms with Gasteiger partial charge in [-0.05, 0) is 38.5 Å². The molecule has 0 unspecified atom stereocenters. The van der Waals surface area contributed by atoms with Crippen molar-refractivity contribution in [1.29, 1.82) is 0 Å². The first-order chi connectivity index (χ1) is 9.82. The van der Waals surface area contributed by atoms with Crippen LogP contribution >= 0.6 is 15.9 Å². The molecule has 0 aliphatic heterocycles. The Bertz CT molecular complexity index is 781. The van der Waals surface area contributed by atoms with Crippen LogP contribution < -0.4 is 5.69 Å². The molecular formula is C15H15BrN2O3. The summed E-state index contributed by atoms with van der Waals surface area (Å²) >= 11 is 3.44. The predicted octanol–water partition coefficient (Wildman–Crippen LogP) is 2.55. The minimum Gasteiger partial charge on any atom is -0.481 e. The number of aromatic nitrogens is 2. The number of aliphatic carboxylic acids is 1. The molecule has 0 radical (unpaired) electrons. The standard InChI is InChI=1S/C15H15BrN2O3/c1-8-12(16)5-4-6-13(8)18-10(3)11(7-14(19)20)9(2)17-15(18)21/h4-6H,7H2,1-3H3,(H,19,20). The largest absolute Gasteiger partial charge is 0.481 e. The zero-order valence-corrected chi connectivity index (χ0v) is 13.6. The van der Waals surface area contributed by atoms with E-state index in [1.165, 1.54) is 4.57 Å². The first kappa shape index (κ1) is 15.4. The topological polar surface area (TPSA) is 72.2 Å². The fourth-order valence-electron chi connectivity index (χ4n) is 2.33. The maximum atomic E-state index is 12.3. The van der Waals surface area contributed by atoms with E-state index in [1.54, 1.807) is 13.8 Å². The quantitative estimate of drug-likeness (QED) is 0.923. The van der Waals surface area contributed by atoms with E-state index in [0.29, 0.717) is 22.6 Å². The molecule has 21 heavy (non-hydrogen) atoms. The Morgan fingerprint density at radius 1 is 1.33 bits per heavy atom. The van der Waals surface area contributed by atoms with Crippen LogP contribution in [0.5, 0.6) is 0 Å². The van der Waals surface area contributed by atoms with Gasteiger partial charge in [0.15, 0.2) is 0 Å². The number of benzene rings is 1. The van der Waals surface area contributed by atoms with Gasteiger partial charge in [0.05, 0.1) is 12.1 Å². The van der Waals surface area contributed by atoms with E-state index in [2.05, 4.69) is 20.9 Å². The van der Waals surface area contributed by atoms with Gasteiger partial charge in [-0.2, -0.15) is 4.98 Å². The minimum absolute atomic E-state index is 0.155. The molecule has 2 aromatic rings. The summed E-state index contributed by atoms with van der Waals surface area (Å²) in [4.78, 5) is 27.2. The van der Waals surface area contributed by atoms with Crippen LogP contribution in [-0.2, 0) is 11.2 Å². The fraction of sp³-hybridized carbons (Fsp3) is 0.267. The molecule has 0 amide bonds. The van der Waals surface area contributed by atoms with E-state index in [-0.39, 0.29) is 6.42 Å². The molecule has 0 bridgehead atoms. The Labute approximate surface area is 130 Å². The average Bonchev–Trinajstić information content (AvgIpc) is 2.39. The van der Waals surface area contributed by atoms with E-state index in [4.69, 9.17) is 5.11 Å². The molecule has 1 aromatic heterocycles. The third-order valence-corrected chi connectivity index (χ3v) is 4.33. The van der Waals surface area contributed by atoms with Gasteiger partial charge in [-0.25, -0.2) is 4.79 Å². The van der Waals surface area contributed by atoms with Crippen molar-refractivity contribution in [3.63, 3.8) is 0 Å². The van der Waals surface area contributed by atoms with Gasteiger partial charge >= 0.3 is 11.7 Å². The van der Waals surface area contributed by atoms with Crippen molar-refractivity contribution < 1.29 is 9.90 Å². The molecule has 6 heteroatoms. The Kier molecular flexibility index (Phi) is 4.27. The predicted molar refractivity (Wildman–Crippen MR) is 83.1 cm³/mol. The van der Waals surface area contributed by atoms with Gasteiger partial charge < -0.3 is 5.11 Å². The van der Waals surface area contributed by atoms with Gasteiger partial charge in [0.2, 0.25) is 0 Å². The summed E-state index contributed by atoms with van der Waals surface area (Å²) < 4.78 is 2.34. The third kappa shape index (κ3) is 2.90. The van der Waals surface area contributed by atoms with Gasteiger partial charge in [-0.15, -0.1) is 0 Å². The summed E-state index contributed by atoms with van der Waals surface area (Å²) in [6.45, 7) is 5.29. The van der Waals surface area contributed by atoms with Crippen LogP contribution in [0.1, 0.15) is 22.5 Å². The van der Waals surface area contributed by atoms with Crippen molar-refractivity contribution in [2.75, 3.05) is 0 Å². The number of carboxylic acids is 1. The number of hydrogen-bond acceptors (Lipinski definition) is 3. The molecule has 0 saturated heterocycles. The lowest BCUT2D eigenvalue weighted by Crippen LogP contribution is -2.27. The second-order valence-electron chi connectivity index (χ2n) is 4.83. The lowest BCUT2D eigenvalue weighted by atomic mass is 10.1. The maximum Gasteiger partial charge on any atom is 0.352 e. The van der Waals surface area contributed by atoms with Crippen LogP contribution in [0, 0.1) is 20.8 Å². The van der Waals surface area contributed by atoms with Crippen LogP contribution in [0.4, 0.5) is 0 Å². The van der Waals surface area contributed by atoms with Crippen molar-refractivity contribution in [2.24, 2.45) is 0 Å². The Morgan fingerprint density at radius 3 is 2.62 bits per heavy atom. The number of aryl methyl sites for hydroxylation is 1. The van der Waals surface area contributed by atoms with Gasteiger partial charge in [-0.1, -0.05) is 22.0 Å². The molecule has 5 nitrogen and oxygen atoms in total. The molecule has 0 aliphatic rings. The number of nitrogens with zero attached hydrogens (tertiary/aromatic N) is 2. The SMILES string of the molecule is Cc1nc(=O)n(-c2cccc(Br)c2C)c(C)c1CC(=O)O. The van der Waals surface area contributed by atoms with Gasteiger partial charge in [0.25, 0.3) is 0 Å². The number of carboxylic acid groups (broad SMARTS) is 1. The summed E-state index contributed by atoms with van der Waals surface area (Å²) in [5.41, 5.74) is 2.84. The summed E-state index contributed by atoms with van der Waals surface area (Å²) in [5, 5.41) is 9.02. The number of halogens is 1. The van der Waals surface area contributed by atoms with Crippen LogP contribution in [0.2, 0.25) is 0 Å². The Hall–Kier alpha value is -1.95. The van der Waals surface area contributed by atoms with Crippen molar-refractivity contribution >= 4 is 21.9 Å². The zero-order chi connectivity index (χ0) is 15.7. The molecule has 1 aromatic carbocycles. The first-order valence-corrected chi connectivity index (χ1v) is 7.18. The van der Waals surface area contributed by atoms with Gasteiger partial charge in [0, 0.05) is 21.4 Å². The van der Waals surface area contributed by atoms with Crippen LogP contribution in [0.25, 0.3) is 5.69 Å². The van der Waals surface area contributed by atoms with Crippen LogP contribution in [0.15, 0.2) is 27.5 Å². The maximum absolute atomic E-state index is 12.3. The van der Waals surface area contributed by atoms with Gasteiger partial charge in [-0.3, -0.25) is 9.36 Å². The highest BCUT2D eigenvalue weighted by Crippen LogP contribution is 2.23. The van der Waals surface area contributed by atoms with Crippen molar-refractivity contribution in [1.82, 2.24) is 9.55 Å². The molecule has 0 saturated carbocycles. The smallest absolute Gasteiger partial charge is 0.352 e. The molecule has 1 N–H and O–H groups in total. The molecule has 2 rings (SSSR count). The van der Waals surface area contributed by atoms with E-state index < -0.39 is 11.7 Å². The van der Waals surface area contributed by atoms with E-state index in [1.807, 2.05) is 25.1 Å². The number of hydrogen-bond donors (Lipinski definition) is 1. The summed E-state index contributed by atoms with van der Waals surface area (Å²) in [6, 6.07) is 5.53. The summed E-state index contributed by atoms with van der Waals surface area (Å²) in [5.74, 6) is -0.945. The second kappa shape index (κ2) is 5.81. The molecule has 0 atom stereocenters. The molecule has 0 aliphatic carbocycles. The van der Waals surface area contributed by atoms with E-state index in [0.717, 1.165) is 10.0 Å². The molecule has 0 spiro atoms. The molecule has 110 valence electrons. The second-order valence-corrected chi connectivity index (χ2v) is 5.69. The number of carbonyl (C=O) groups is 1. The van der Waals surface area contributed by atoms with E-state index in [9.17, 15) is 9.59 Å².